The van der Waals surface area contributed by atoms with Gasteiger partial charge in [-0.05, 0) is 44.1 Å². The molecule has 1 aliphatic heterocycles. The lowest BCUT2D eigenvalue weighted by molar-refractivity contribution is -0.116. The SMILES string of the molecule is CNCCCC(=O)Nc1cccc(CN2CCSCC2)c1C. The lowest BCUT2D eigenvalue weighted by Gasteiger charge is -2.27. The third-order valence-corrected chi connectivity index (χ3v) is 4.99. The van der Waals surface area contributed by atoms with E-state index in [4.69, 9.17) is 0 Å². The first kappa shape index (κ1) is 17.3. The van der Waals surface area contributed by atoms with Gasteiger partial charge in [0.25, 0.3) is 0 Å². The molecule has 122 valence electrons. The molecule has 1 aromatic rings. The molecule has 1 amide bonds. The molecule has 0 spiro atoms. The normalized spacial score (nSPS) is 15.7. The zero-order valence-corrected chi connectivity index (χ0v) is 14.5. The van der Waals surface area contributed by atoms with Crippen LogP contribution >= 0.6 is 11.8 Å². The van der Waals surface area contributed by atoms with Crippen molar-refractivity contribution in [3.63, 3.8) is 0 Å². The standard InChI is InChI=1S/C17H27N3OS/c1-14-15(13-20-9-11-22-12-10-20)5-3-6-16(14)19-17(21)7-4-8-18-2/h3,5-6,18H,4,7-13H2,1-2H3,(H,19,21). The molecular weight excluding hydrogens is 294 g/mol. The number of hydrogen-bond donors (Lipinski definition) is 2. The van der Waals surface area contributed by atoms with Crippen molar-refractivity contribution in [1.82, 2.24) is 10.2 Å². The Morgan fingerprint density at radius 3 is 2.82 bits per heavy atom. The quantitative estimate of drug-likeness (QED) is 0.757. The molecule has 22 heavy (non-hydrogen) atoms. The summed E-state index contributed by atoms with van der Waals surface area (Å²) >= 11 is 2.03. The Morgan fingerprint density at radius 1 is 1.32 bits per heavy atom. The van der Waals surface area contributed by atoms with Crippen LogP contribution in [0.5, 0.6) is 0 Å². The van der Waals surface area contributed by atoms with Crippen molar-refractivity contribution in [2.45, 2.75) is 26.3 Å². The summed E-state index contributed by atoms with van der Waals surface area (Å²) in [7, 11) is 1.91. The highest BCUT2D eigenvalue weighted by atomic mass is 32.2. The molecule has 0 aromatic heterocycles. The van der Waals surface area contributed by atoms with E-state index in [9.17, 15) is 4.79 Å². The maximum atomic E-state index is 12.0. The van der Waals surface area contributed by atoms with Gasteiger partial charge in [0.1, 0.15) is 0 Å². The Balaban J connectivity index is 1.94. The number of thioether (sulfide) groups is 1. The van der Waals surface area contributed by atoms with Crippen LogP contribution in [0.4, 0.5) is 5.69 Å². The van der Waals surface area contributed by atoms with Gasteiger partial charge in [-0.1, -0.05) is 12.1 Å². The predicted molar refractivity (Wildman–Crippen MR) is 95.6 cm³/mol. The minimum Gasteiger partial charge on any atom is -0.326 e. The molecule has 0 atom stereocenters. The van der Waals surface area contributed by atoms with E-state index in [2.05, 4.69) is 28.5 Å². The second-order valence-corrected chi connectivity index (χ2v) is 6.96. The lowest BCUT2D eigenvalue weighted by atomic mass is 10.1. The molecule has 1 aromatic carbocycles. The maximum Gasteiger partial charge on any atom is 0.224 e. The van der Waals surface area contributed by atoms with Gasteiger partial charge in [-0.25, -0.2) is 0 Å². The van der Waals surface area contributed by atoms with E-state index < -0.39 is 0 Å². The first-order chi connectivity index (χ1) is 10.7. The van der Waals surface area contributed by atoms with Crippen LogP contribution in [0.1, 0.15) is 24.0 Å². The van der Waals surface area contributed by atoms with Crippen molar-refractivity contribution >= 4 is 23.4 Å². The highest BCUT2D eigenvalue weighted by molar-refractivity contribution is 7.99. The third kappa shape index (κ3) is 5.30. The molecule has 0 bridgehead atoms. The monoisotopic (exact) mass is 321 g/mol. The van der Waals surface area contributed by atoms with Crippen LogP contribution in [-0.2, 0) is 11.3 Å². The first-order valence-electron chi connectivity index (χ1n) is 8.03. The van der Waals surface area contributed by atoms with Crippen molar-refractivity contribution in [3.8, 4) is 0 Å². The van der Waals surface area contributed by atoms with Gasteiger partial charge in [0.2, 0.25) is 5.91 Å². The molecule has 4 nitrogen and oxygen atoms in total. The summed E-state index contributed by atoms with van der Waals surface area (Å²) in [5, 5.41) is 6.12. The molecule has 0 saturated carbocycles. The summed E-state index contributed by atoms with van der Waals surface area (Å²) in [5.74, 6) is 2.55. The molecule has 1 fully saturated rings. The summed E-state index contributed by atoms with van der Waals surface area (Å²) in [6.07, 6.45) is 1.43. The van der Waals surface area contributed by atoms with E-state index in [1.807, 2.05) is 30.9 Å². The molecule has 0 radical (unpaired) electrons. The molecule has 2 rings (SSSR count). The Labute approximate surface area is 138 Å². The number of hydrogen-bond acceptors (Lipinski definition) is 4. The summed E-state index contributed by atoms with van der Waals surface area (Å²) in [5.41, 5.74) is 3.47. The van der Waals surface area contributed by atoms with Gasteiger partial charge in [-0.15, -0.1) is 0 Å². The van der Waals surface area contributed by atoms with Crippen molar-refractivity contribution < 1.29 is 4.79 Å². The number of rotatable bonds is 7. The van der Waals surface area contributed by atoms with Gasteiger partial charge < -0.3 is 10.6 Å². The van der Waals surface area contributed by atoms with E-state index in [-0.39, 0.29) is 5.91 Å². The Morgan fingerprint density at radius 2 is 2.09 bits per heavy atom. The van der Waals surface area contributed by atoms with Gasteiger partial charge in [0, 0.05) is 43.2 Å². The minimum absolute atomic E-state index is 0.102. The number of carbonyl (C=O) groups is 1. The van der Waals surface area contributed by atoms with E-state index in [0.29, 0.717) is 6.42 Å². The van der Waals surface area contributed by atoms with E-state index in [1.54, 1.807) is 0 Å². The van der Waals surface area contributed by atoms with Crippen LogP contribution in [0.3, 0.4) is 0 Å². The highest BCUT2D eigenvalue weighted by Gasteiger charge is 2.13. The van der Waals surface area contributed by atoms with Crippen LogP contribution in [0.2, 0.25) is 0 Å². The topological polar surface area (TPSA) is 44.4 Å². The zero-order valence-electron chi connectivity index (χ0n) is 13.7. The van der Waals surface area contributed by atoms with Crippen molar-refractivity contribution in [1.29, 1.82) is 0 Å². The number of benzene rings is 1. The molecular formula is C17H27N3OS. The van der Waals surface area contributed by atoms with Crippen molar-refractivity contribution in [3.05, 3.63) is 29.3 Å². The van der Waals surface area contributed by atoms with Crippen LogP contribution in [0.25, 0.3) is 0 Å². The van der Waals surface area contributed by atoms with Gasteiger partial charge in [0.05, 0.1) is 0 Å². The second kappa shape index (κ2) is 9.18. The molecule has 1 aliphatic rings. The van der Waals surface area contributed by atoms with Gasteiger partial charge >= 0.3 is 0 Å². The molecule has 1 saturated heterocycles. The Bertz CT molecular complexity index is 487. The lowest BCUT2D eigenvalue weighted by Crippen LogP contribution is -2.32. The van der Waals surface area contributed by atoms with Crippen molar-refractivity contribution in [2.75, 3.05) is 43.5 Å². The summed E-state index contributed by atoms with van der Waals surface area (Å²) in [6.45, 7) is 6.28. The third-order valence-electron chi connectivity index (χ3n) is 4.05. The smallest absolute Gasteiger partial charge is 0.224 e. The van der Waals surface area contributed by atoms with Crippen LogP contribution < -0.4 is 10.6 Å². The number of amides is 1. The van der Waals surface area contributed by atoms with E-state index in [0.717, 1.165) is 38.3 Å². The number of anilines is 1. The maximum absolute atomic E-state index is 12.0. The number of nitrogens with zero attached hydrogens (tertiary/aromatic N) is 1. The average molecular weight is 321 g/mol. The first-order valence-corrected chi connectivity index (χ1v) is 9.19. The van der Waals surface area contributed by atoms with Crippen LogP contribution in [0.15, 0.2) is 18.2 Å². The predicted octanol–water partition coefficient (Wildman–Crippen LogP) is 2.48. The van der Waals surface area contributed by atoms with E-state index >= 15 is 0 Å². The number of carbonyl (C=O) groups excluding carboxylic acids is 1. The summed E-state index contributed by atoms with van der Waals surface area (Å²) in [6, 6.07) is 6.22. The van der Waals surface area contributed by atoms with Crippen LogP contribution in [-0.4, -0.2) is 49.0 Å². The fraction of sp³-hybridized carbons (Fsp3) is 0.588. The van der Waals surface area contributed by atoms with Gasteiger partial charge in [-0.3, -0.25) is 9.69 Å². The van der Waals surface area contributed by atoms with Crippen molar-refractivity contribution in [2.24, 2.45) is 0 Å². The van der Waals surface area contributed by atoms with E-state index in [1.165, 1.54) is 22.6 Å². The molecule has 0 aliphatic carbocycles. The molecule has 2 N–H and O–H groups in total. The Kier molecular flexibility index (Phi) is 7.22. The summed E-state index contributed by atoms with van der Waals surface area (Å²) in [4.78, 5) is 14.5. The second-order valence-electron chi connectivity index (χ2n) is 5.73. The average Bonchev–Trinajstić information content (AvgIpc) is 2.52. The molecule has 0 unspecified atom stereocenters. The van der Waals surface area contributed by atoms with Gasteiger partial charge in [-0.2, -0.15) is 11.8 Å². The summed E-state index contributed by atoms with van der Waals surface area (Å²) < 4.78 is 0. The van der Waals surface area contributed by atoms with Crippen LogP contribution in [0, 0.1) is 6.92 Å². The molecule has 5 heteroatoms. The Hall–Kier alpha value is -1.04. The number of nitrogens with one attached hydrogen (secondary N) is 2. The minimum atomic E-state index is 0.102. The fourth-order valence-electron chi connectivity index (χ4n) is 2.63. The zero-order chi connectivity index (χ0) is 15.8. The van der Waals surface area contributed by atoms with Gasteiger partial charge in [0.15, 0.2) is 0 Å². The molecule has 1 heterocycles. The largest absolute Gasteiger partial charge is 0.326 e. The fourth-order valence-corrected chi connectivity index (χ4v) is 3.61. The highest BCUT2D eigenvalue weighted by Crippen LogP contribution is 2.22.